The molecule has 1 aliphatic rings. The molecular weight excluding hydrogens is 260 g/mol. The molecule has 0 fully saturated rings. The summed E-state index contributed by atoms with van der Waals surface area (Å²) >= 11 is 5.78. The third-order valence-electron chi connectivity index (χ3n) is 2.70. The van der Waals surface area contributed by atoms with Gasteiger partial charge in [0, 0.05) is 17.5 Å². The number of nitrogens with zero attached hydrogens (tertiary/aromatic N) is 3. The zero-order valence-corrected chi connectivity index (χ0v) is 11.3. The molecule has 4 nitrogen and oxygen atoms in total. The van der Waals surface area contributed by atoms with Crippen LogP contribution in [-0.2, 0) is 0 Å². The fraction of sp³-hybridized carbons (Fsp3) is 0.214. The number of nitriles is 1. The SMILES string of the molecule is Cc1cnc(Cl)nc1NC1=CCC(=CCC#N)C=C1. The van der Waals surface area contributed by atoms with Crippen LogP contribution in [0.4, 0.5) is 5.82 Å². The lowest BCUT2D eigenvalue weighted by atomic mass is 10.0. The van der Waals surface area contributed by atoms with Crippen LogP contribution >= 0.6 is 11.6 Å². The van der Waals surface area contributed by atoms with E-state index in [0.29, 0.717) is 12.2 Å². The molecule has 2 rings (SSSR count). The van der Waals surface area contributed by atoms with E-state index in [1.54, 1.807) is 6.20 Å². The Labute approximate surface area is 117 Å². The highest BCUT2D eigenvalue weighted by Gasteiger charge is 2.06. The van der Waals surface area contributed by atoms with Crippen molar-refractivity contribution in [3.8, 4) is 6.07 Å². The summed E-state index contributed by atoms with van der Waals surface area (Å²) in [4.78, 5) is 8.06. The molecule has 0 bridgehead atoms. The second kappa shape index (κ2) is 6.17. The van der Waals surface area contributed by atoms with Crippen molar-refractivity contribution in [1.82, 2.24) is 9.97 Å². The van der Waals surface area contributed by atoms with Crippen molar-refractivity contribution in [2.24, 2.45) is 0 Å². The van der Waals surface area contributed by atoms with Gasteiger partial charge in [0.15, 0.2) is 0 Å². The smallest absolute Gasteiger partial charge is 0.224 e. The van der Waals surface area contributed by atoms with Crippen LogP contribution in [0, 0.1) is 18.3 Å². The monoisotopic (exact) mass is 272 g/mol. The third kappa shape index (κ3) is 3.67. The molecule has 5 heteroatoms. The summed E-state index contributed by atoms with van der Waals surface area (Å²) in [5, 5.41) is 12.0. The number of aromatic nitrogens is 2. The lowest BCUT2D eigenvalue weighted by Crippen LogP contribution is -2.04. The van der Waals surface area contributed by atoms with Gasteiger partial charge in [-0.15, -0.1) is 0 Å². The van der Waals surface area contributed by atoms with Crippen molar-refractivity contribution in [3.63, 3.8) is 0 Å². The molecule has 1 heterocycles. The summed E-state index contributed by atoms with van der Waals surface area (Å²) in [6, 6.07) is 2.10. The summed E-state index contributed by atoms with van der Waals surface area (Å²) < 4.78 is 0. The first-order chi connectivity index (χ1) is 9.19. The highest BCUT2D eigenvalue weighted by molar-refractivity contribution is 6.28. The number of aryl methyl sites for hydroxylation is 1. The maximum Gasteiger partial charge on any atom is 0.224 e. The third-order valence-corrected chi connectivity index (χ3v) is 2.88. The molecule has 19 heavy (non-hydrogen) atoms. The van der Waals surface area contributed by atoms with E-state index in [2.05, 4.69) is 27.4 Å². The number of hydrogen-bond donors (Lipinski definition) is 1. The van der Waals surface area contributed by atoms with Gasteiger partial charge in [0.1, 0.15) is 5.82 Å². The van der Waals surface area contributed by atoms with Crippen molar-refractivity contribution >= 4 is 17.4 Å². The second-order valence-electron chi connectivity index (χ2n) is 4.13. The van der Waals surface area contributed by atoms with Crippen LogP contribution in [0.5, 0.6) is 0 Å². The van der Waals surface area contributed by atoms with Crippen LogP contribution in [0.25, 0.3) is 0 Å². The molecular formula is C14H13ClN4. The maximum absolute atomic E-state index is 8.53. The second-order valence-corrected chi connectivity index (χ2v) is 4.47. The number of rotatable bonds is 3. The Bertz CT molecular complexity index is 608. The summed E-state index contributed by atoms with van der Waals surface area (Å²) in [7, 11) is 0. The average molecular weight is 273 g/mol. The summed E-state index contributed by atoms with van der Waals surface area (Å²) in [5.74, 6) is 0.709. The standard InChI is InChI=1S/C14H13ClN4/c1-10-9-17-14(15)19-13(10)18-12-6-4-11(5-7-12)3-2-8-16/h3-4,6-7,9H,2,5H2,1H3,(H,17,18,19). The number of halogens is 1. The fourth-order valence-corrected chi connectivity index (χ4v) is 1.80. The summed E-state index contributed by atoms with van der Waals surface area (Å²) in [5.41, 5.74) is 3.04. The Morgan fingerprint density at radius 1 is 1.53 bits per heavy atom. The Hall–Kier alpha value is -2.12. The van der Waals surface area contributed by atoms with Gasteiger partial charge in [-0.2, -0.15) is 5.26 Å². The quantitative estimate of drug-likeness (QED) is 0.855. The van der Waals surface area contributed by atoms with Crippen molar-refractivity contribution in [3.05, 3.63) is 52.6 Å². The van der Waals surface area contributed by atoms with E-state index < -0.39 is 0 Å². The molecule has 0 saturated heterocycles. The lowest BCUT2D eigenvalue weighted by Gasteiger charge is -2.12. The Balaban J connectivity index is 2.07. The van der Waals surface area contributed by atoms with Crippen LogP contribution in [0.1, 0.15) is 18.4 Å². The van der Waals surface area contributed by atoms with Crippen LogP contribution in [0.2, 0.25) is 5.28 Å². The predicted octanol–water partition coefficient (Wildman–Crippen LogP) is 3.53. The van der Waals surface area contributed by atoms with E-state index in [1.807, 2.05) is 25.2 Å². The molecule has 1 aliphatic carbocycles. The Morgan fingerprint density at radius 2 is 2.37 bits per heavy atom. The van der Waals surface area contributed by atoms with Crippen molar-refractivity contribution in [1.29, 1.82) is 5.26 Å². The van der Waals surface area contributed by atoms with E-state index >= 15 is 0 Å². The molecule has 0 aromatic carbocycles. The molecule has 0 spiro atoms. The maximum atomic E-state index is 8.53. The first-order valence-electron chi connectivity index (χ1n) is 5.89. The van der Waals surface area contributed by atoms with Gasteiger partial charge in [0.2, 0.25) is 5.28 Å². The highest BCUT2D eigenvalue weighted by Crippen LogP contribution is 2.20. The largest absolute Gasteiger partial charge is 0.340 e. The zero-order valence-electron chi connectivity index (χ0n) is 10.5. The minimum atomic E-state index is 0.225. The van der Waals surface area contributed by atoms with Crippen LogP contribution in [0.15, 0.2) is 41.8 Å². The number of allylic oxidation sites excluding steroid dienone is 5. The molecule has 0 radical (unpaired) electrons. The van der Waals surface area contributed by atoms with Gasteiger partial charge in [0.05, 0.1) is 12.5 Å². The van der Waals surface area contributed by atoms with Crippen LogP contribution < -0.4 is 5.32 Å². The predicted molar refractivity (Wildman–Crippen MR) is 75.6 cm³/mol. The molecule has 0 aliphatic heterocycles. The number of nitrogens with one attached hydrogen (secondary N) is 1. The zero-order chi connectivity index (χ0) is 13.7. The minimum Gasteiger partial charge on any atom is -0.340 e. The van der Waals surface area contributed by atoms with Gasteiger partial charge in [-0.3, -0.25) is 0 Å². The number of hydrogen-bond acceptors (Lipinski definition) is 4. The summed E-state index contributed by atoms with van der Waals surface area (Å²) in [6.45, 7) is 1.92. The van der Waals surface area contributed by atoms with Gasteiger partial charge in [-0.25, -0.2) is 9.97 Å². The van der Waals surface area contributed by atoms with Gasteiger partial charge < -0.3 is 5.32 Å². The topological polar surface area (TPSA) is 61.6 Å². The first kappa shape index (κ1) is 13.3. The Kier molecular flexibility index (Phi) is 4.32. The van der Waals surface area contributed by atoms with E-state index in [0.717, 1.165) is 23.3 Å². The summed E-state index contributed by atoms with van der Waals surface area (Å²) in [6.07, 6.45) is 10.9. The molecule has 96 valence electrons. The fourth-order valence-electron chi connectivity index (χ4n) is 1.67. The van der Waals surface area contributed by atoms with Crippen LogP contribution in [-0.4, -0.2) is 9.97 Å². The number of anilines is 1. The van der Waals surface area contributed by atoms with Crippen molar-refractivity contribution in [2.45, 2.75) is 19.8 Å². The van der Waals surface area contributed by atoms with Crippen LogP contribution in [0.3, 0.4) is 0 Å². The van der Waals surface area contributed by atoms with Gasteiger partial charge in [0.25, 0.3) is 0 Å². The van der Waals surface area contributed by atoms with Gasteiger partial charge in [-0.1, -0.05) is 18.2 Å². The minimum absolute atomic E-state index is 0.225. The van der Waals surface area contributed by atoms with Gasteiger partial charge in [-0.05, 0) is 36.6 Å². The van der Waals surface area contributed by atoms with Crippen molar-refractivity contribution in [2.75, 3.05) is 5.32 Å². The normalized spacial score (nSPS) is 16.1. The average Bonchev–Trinajstić information content (AvgIpc) is 2.42. The molecule has 0 amide bonds. The molecule has 1 aromatic heterocycles. The van der Waals surface area contributed by atoms with E-state index in [-0.39, 0.29) is 5.28 Å². The van der Waals surface area contributed by atoms with Crippen molar-refractivity contribution < 1.29 is 0 Å². The van der Waals surface area contributed by atoms with Gasteiger partial charge >= 0.3 is 0 Å². The van der Waals surface area contributed by atoms with E-state index in [9.17, 15) is 0 Å². The Morgan fingerprint density at radius 3 is 3.05 bits per heavy atom. The molecule has 0 unspecified atom stereocenters. The first-order valence-corrected chi connectivity index (χ1v) is 6.27. The van der Waals surface area contributed by atoms with E-state index in [4.69, 9.17) is 16.9 Å². The molecule has 0 atom stereocenters. The molecule has 1 N–H and O–H groups in total. The molecule has 1 aromatic rings. The van der Waals surface area contributed by atoms with E-state index in [1.165, 1.54) is 0 Å². The molecule has 0 saturated carbocycles. The highest BCUT2D eigenvalue weighted by atomic mass is 35.5. The lowest BCUT2D eigenvalue weighted by molar-refractivity contribution is 1.11.